The van der Waals surface area contributed by atoms with Crippen LogP contribution in [0, 0.1) is 0 Å². The molecule has 100 valence electrons. The Bertz CT molecular complexity index is 338. The molecule has 0 saturated carbocycles. The molecule has 0 radical (unpaired) electrons. The minimum Gasteiger partial charge on any atom is -0.383 e. The highest BCUT2D eigenvalue weighted by Gasteiger charge is 2.06. The predicted octanol–water partition coefficient (Wildman–Crippen LogP) is 2.62. The number of Topliss-reactive ketones (excluding diaryl/α,β-unsaturated/α-hetero) is 1. The predicted molar refractivity (Wildman–Crippen MR) is 74.0 cm³/mol. The highest BCUT2D eigenvalue weighted by Crippen LogP contribution is 2.05. The van der Waals surface area contributed by atoms with E-state index >= 15 is 0 Å². The van der Waals surface area contributed by atoms with Gasteiger partial charge in [0.05, 0.1) is 6.61 Å². The van der Waals surface area contributed by atoms with Gasteiger partial charge in [-0.1, -0.05) is 37.3 Å². The fourth-order valence-electron chi connectivity index (χ4n) is 1.88. The van der Waals surface area contributed by atoms with Crippen LogP contribution in [-0.4, -0.2) is 44.0 Å². The van der Waals surface area contributed by atoms with Gasteiger partial charge in [0.1, 0.15) is 0 Å². The van der Waals surface area contributed by atoms with Crippen LogP contribution < -0.4 is 0 Å². The van der Waals surface area contributed by atoms with Crippen molar-refractivity contribution in [2.45, 2.75) is 19.8 Å². The zero-order chi connectivity index (χ0) is 13.2. The first-order chi connectivity index (χ1) is 8.77. The van der Waals surface area contributed by atoms with Crippen molar-refractivity contribution in [3.8, 4) is 0 Å². The molecule has 0 amide bonds. The maximum Gasteiger partial charge on any atom is 0.162 e. The first-order valence-electron chi connectivity index (χ1n) is 6.57. The summed E-state index contributed by atoms with van der Waals surface area (Å²) in [7, 11) is 1.72. The molecule has 0 N–H and O–H groups in total. The molecule has 0 heterocycles. The summed E-state index contributed by atoms with van der Waals surface area (Å²) in [6.45, 7) is 5.78. The van der Waals surface area contributed by atoms with E-state index in [4.69, 9.17) is 4.74 Å². The van der Waals surface area contributed by atoms with Gasteiger partial charge in [-0.3, -0.25) is 4.79 Å². The zero-order valence-corrected chi connectivity index (χ0v) is 11.4. The number of nitrogens with zero attached hydrogens (tertiary/aromatic N) is 1. The molecule has 1 rings (SSSR count). The first kappa shape index (κ1) is 14.9. The monoisotopic (exact) mass is 249 g/mol. The van der Waals surface area contributed by atoms with Crippen molar-refractivity contribution in [2.24, 2.45) is 0 Å². The van der Waals surface area contributed by atoms with Crippen molar-refractivity contribution in [1.82, 2.24) is 4.90 Å². The number of rotatable bonds is 9. The van der Waals surface area contributed by atoms with Crippen LogP contribution in [0.2, 0.25) is 0 Å². The fourth-order valence-corrected chi connectivity index (χ4v) is 1.88. The van der Waals surface area contributed by atoms with Gasteiger partial charge >= 0.3 is 0 Å². The number of benzene rings is 1. The average molecular weight is 249 g/mol. The molecule has 0 aromatic heterocycles. The van der Waals surface area contributed by atoms with E-state index in [-0.39, 0.29) is 5.78 Å². The largest absolute Gasteiger partial charge is 0.383 e. The molecule has 0 aliphatic rings. The van der Waals surface area contributed by atoms with Crippen molar-refractivity contribution in [1.29, 1.82) is 0 Å². The number of hydrogen-bond donors (Lipinski definition) is 0. The Balaban J connectivity index is 2.26. The second kappa shape index (κ2) is 8.84. The molecule has 0 saturated heterocycles. The van der Waals surface area contributed by atoms with E-state index in [2.05, 4.69) is 11.8 Å². The molecular formula is C15H23NO2. The van der Waals surface area contributed by atoms with Gasteiger partial charge in [0.15, 0.2) is 5.78 Å². The third-order valence-corrected chi connectivity index (χ3v) is 3.03. The quantitative estimate of drug-likeness (QED) is 0.630. The van der Waals surface area contributed by atoms with Crippen LogP contribution in [0.4, 0.5) is 0 Å². The number of ketones is 1. The second-order valence-corrected chi connectivity index (χ2v) is 4.32. The lowest BCUT2D eigenvalue weighted by Gasteiger charge is -2.19. The van der Waals surface area contributed by atoms with Gasteiger partial charge in [-0.25, -0.2) is 0 Å². The van der Waals surface area contributed by atoms with E-state index in [1.807, 2.05) is 30.3 Å². The van der Waals surface area contributed by atoms with Crippen LogP contribution in [0.25, 0.3) is 0 Å². The Morgan fingerprint density at radius 2 is 1.94 bits per heavy atom. The van der Waals surface area contributed by atoms with Gasteiger partial charge in [0.25, 0.3) is 0 Å². The van der Waals surface area contributed by atoms with Crippen molar-refractivity contribution in [3.63, 3.8) is 0 Å². The minimum absolute atomic E-state index is 0.235. The van der Waals surface area contributed by atoms with Crippen LogP contribution in [0.5, 0.6) is 0 Å². The van der Waals surface area contributed by atoms with E-state index in [0.29, 0.717) is 6.42 Å². The summed E-state index contributed by atoms with van der Waals surface area (Å²) in [6.07, 6.45) is 1.53. The van der Waals surface area contributed by atoms with E-state index in [1.54, 1.807) is 7.11 Å². The summed E-state index contributed by atoms with van der Waals surface area (Å²) < 4.78 is 5.06. The lowest BCUT2D eigenvalue weighted by atomic mass is 10.1. The summed E-state index contributed by atoms with van der Waals surface area (Å²) in [6, 6.07) is 9.50. The standard InChI is InChI=1S/C15H23NO2/c1-3-16(12-13-18-2)11-7-10-15(17)14-8-5-4-6-9-14/h4-6,8-9H,3,7,10-13H2,1-2H3. The Kier molecular flexibility index (Phi) is 7.30. The molecule has 0 fully saturated rings. The van der Waals surface area contributed by atoms with Gasteiger partial charge in [0.2, 0.25) is 0 Å². The molecule has 0 atom stereocenters. The summed E-state index contributed by atoms with van der Waals surface area (Å²) in [4.78, 5) is 14.2. The lowest BCUT2D eigenvalue weighted by molar-refractivity contribution is 0.0971. The third kappa shape index (κ3) is 5.43. The SMILES string of the molecule is CCN(CCCC(=O)c1ccccc1)CCOC. The van der Waals surface area contributed by atoms with Crippen molar-refractivity contribution in [3.05, 3.63) is 35.9 Å². The second-order valence-electron chi connectivity index (χ2n) is 4.32. The van der Waals surface area contributed by atoms with E-state index in [9.17, 15) is 4.79 Å². The maximum atomic E-state index is 11.9. The van der Waals surface area contributed by atoms with E-state index in [1.165, 1.54) is 0 Å². The number of carbonyl (C=O) groups is 1. The molecule has 0 unspecified atom stereocenters. The number of hydrogen-bond acceptors (Lipinski definition) is 3. The molecule has 0 aliphatic carbocycles. The molecule has 1 aromatic carbocycles. The van der Waals surface area contributed by atoms with Gasteiger partial charge in [-0.05, 0) is 19.5 Å². The molecule has 1 aromatic rings. The Labute approximate surface area is 110 Å². The van der Waals surface area contributed by atoms with Gasteiger partial charge in [-0.15, -0.1) is 0 Å². The van der Waals surface area contributed by atoms with Crippen molar-refractivity contribution in [2.75, 3.05) is 33.4 Å². The van der Waals surface area contributed by atoms with E-state index < -0.39 is 0 Å². The number of methoxy groups -OCH3 is 1. The van der Waals surface area contributed by atoms with Crippen LogP contribution in [0.15, 0.2) is 30.3 Å². The van der Waals surface area contributed by atoms with Crippen molar-refractivity contribution < 1.29 is 9.53 Å². The van der Waals surface area contributed by atoms with Gasteiger partial charge in [-0.2, -0.15) is 0 Å². The molecule has 18 heavy (non-hydrogen) atoms. The highest BCUT2D eigenvalue weighted by molar-refractivity contribution is 5.95. The Morgan fingerprint density at radius 3 is 2.56 bits per heavy atom. The normalized spacial score (nSPS) is 10.8. The topological polar surface area (TPSA) is 29.5 Å². The molecule has 0 aliphatic heterocycles. The van der Waals surface area contributed by atoms with Crippen LogP contribution in [-0.2, 0) is 4.74 Å². The van der Waals surface area contributed by atoms with E-state index in [0.717, 1.165) is 38.2 Å². The summed E-state index contributed by atoms with van der Waals surface area (Å²) in [5.41, 5.74) is 0.817. The number of ether oxygens (including phenoxy) is 1. The van der Waals surface area contributed by atoms with Gasteiger partial charge in [0, 0.05) is 25.6 Å². The third-order valence-electron chi connectivity index (χ3n) is 3.03. The van der Waals surface area contributed by atoms with Gasteiger partial charge < -0.3 is 9.64 Å². The summed E-state index contributed by atoms with van der Waals surface area (Å²) in [5, 5.41) is 0. The molecule has 3 heteroatoms. The minimum atomic E-state index is 0.235. The first-order valence-corrected chi connectivity index (χ1v) is 6.57. The Hall–Kier alpha value is -1.19. The number of likely N-dealkylation sites (N-methyl/N-ethyl adjacent to an activating group) is 1. The highest BCUT2D eigenvalue weighted by atomic mass is 16.5. The Morgan fingerprint density at radius 1 is 1.22 bits per heavy atom. The lowest BCUT2D eigenvalue weighted by Crippen LogP contribution is -2.28. The fraction of sp³-hybridized carbons (Fsp3) is 0.533. The smallest absolute Gasteiger partial charge is 0.162 e. The summed E-state index contributed by atoms with van der Waals surface area (Å²) >= 11 is 0. The van der Waals surface area contributed by atoms with Crippen LogP contribution in [0.3, 0.4) is 0 Å². The molecule has 0 spiro atoms. The number of carbonyl (C=O) groups excluding carboxylic acids is 1. The molecule has 3 nitrogen and oxygen atoms in total. The molecular weight excluding hydrogens is 226 g/mol. The molecule has 0 bridgehead atoms. The van der Waals surface area contributed by atoms with Crippen LogP contribution >= 0.6 is 0 Å². The van der Waals surface area contributed by atoms with Crippen LogP contribution in [0.1, 0.15) is 30.1 Å². The van der Waals surface area contributed by atoms with Crippen molar-refractivity contribution >= 4 is 5.78 Å². The average Bonchev–Trinajstić information content (AvgIpc) is 2.43. The zero-order valence-electron chi connectivity index (χ0n) is 11.4. The maximum absolute atomic E-state index is 11.9. The summed E-state index contributed by atoms with van der Waals surface area (Å²) in [5.74, 6) is 0.235.